The predicted octanol–water partition coefficient (Wildman–Crippen LogP) is 2.30. The lowest BCUT2D eigenvalue weighted by atomic mass is 10.5. The van der Waals surface area contributed by atoms with Gasteiger partial charge in [-0.15, -0.1) is 0 Å². The minimum absolute atomic E-state index is 1.02. The largest absolute Gasteiger partial charge is 0.289 e. The molecule has 0 unspecified atom stereocenters. The zero-order chi connectivity index (χ0) is 6.41. The lowest BCUT2D eigenvalue weighted by Crippen LogP contribution is -1.67. The van der Waals surface area contributed by atoms with Crippen molar-refractivity contribution in [3.8, 4) is 0 Å². The number of allylic oxidation sites excluding steroid dienone is 1. The maximum atomic E-state index is 3.80. The Balaban J connectivity index is 3.25. The molecule has 0 heterocycles. The first-order valence-corrected chi connectivity index (χ1v) is 3.44. The first kappa shape index (κ1) is 7.76. The zero-order valence-corrected chi connectivity index (χ0v) is 6.16. The summed E-state index contributed by atoms with van der Waals surface area (Å²) < 4.78 is 0. The van der Waals surface area contributed by atoms with Crippen molar-refractivity contribution in [2.24, 2.45) is 4.99 Å². The summed E-state index contributed by atoms with van der Waals surface area (Å²) >= 11 is 1.59. The minimum Gasteiger partial charge on any atom is -0.289 e. The van der Waals surface area contributed by atoms with Gasteiger partial charge in [-0.2, -0.15) is 0 Å². The summed E-state index contributed by atoms with van der Waals surface area (Å²) in [5, 5.41) is 0. The van der Waals surface area contributed by atoms with Gasteiger partial charge in [0, 0.05) is 7.05 Å². The molecule has 2 heteroatoms. The zero-order valence-electron chi connectivity index (χ0n) is 5.35. The molecule has 0 aromatic heterocycles. The maximum absolute atomic E-state index is 3.80. The molecule has 0 N–H and O–H groups in total. The number of rotatable bonds is 3. The highest BCUT2D eigenvalue weighted by atomic mass is 32.2. The smallest absolute Gasteiger partial charge is 0.0582 e. The fourth-order valence-electron chi connectivity index (χ4n) is 0.211. The molecule has 0 radical (unpaired) electrons. The molecule has 0 aliphatic carbocycles. The highest BCUT2D eigenvalue weighted by Crippen LogP contribution is 2.12. The van der Waals surface area contributed by atoms with Gasteiger partial charge in [0.1, 0.15) is 0 Å². The van der Waals surface area contributed by atoms with E-state index in [0.29, 0.717) is 0 Å². The van der Waals surface area contributed by atoms with E-state index < -0.39 is 0 Å². The summed E-state index contributed by atoms with van der Waals surface area (Å²) in [5.41, 5.74) is 1.80. The van der Waals surface area contributed by atoms with Crippen molar-refractivity contribution in [3.05, 3.63) is 11.5 Å². The van der Waals surface area contributed by atoms with Crippen LogP contribution >= 0.6 is 11.8 Å². The predicted molar refractivity (Wildman–Crippen MR) is 41.4 cm³/mol. The Morgan fingerprint density at radius 3 is 2.88 bits per heavy atom. The topological polar surface area (TPSA) is 12.4 Å². The van der Waals surface area contributed by atoms with Crippen LogP contribution in [0.1, 0.15) is 13.3 Å². The Kier molecular flexibility index (Phi) is 4.76. The quantitative estimate of drug-likeness (QED) is 0.420. The van der Waals surface area contributed by atoms with Crippen molar-refractivity contribution in [3.63, 3.8) is 0 Å². The van der Waals surface area contributed by atoms with Gasteiger partial charge in [0.25, 0.3) is 0 Å². The van der Waals surface area contributed by atoms with Crippen LogP contribution in [0.2, 0.25) is 0 Å². The Hall–Kier alpha value is -0.240. The number of hydrogen-bond donors (Lipinski definition) is 0. The van der Waals surface area contributed by atoms with E-state index in [9.17, 15) is 0 Å². The molecule has 1 nitrogen and oxygen atoms in total. The van der Waals surface area contributed by atoms with E-state index in [0.717, 1.165) is 11.3 Å². The van der Waals surface area contributed by atoms with Crippen molar-refractivity contribution in [1.29, 1.82) is 0 Å². The molecular formula is C6H11NS. The first-order valence-electron chi connectivity index (χ1n) is 2.56. The molecule has 0 saturated heterocycles. The third-order valence-corrected chi connectivity index (χ3v) is 1.66. The number of nitrogens with zero attached hydrogens (tertiary/aromatic N) is 1. The van der Waals surface area contributed by atoms with E-state index in [4.69, 9.17) is 0 Å². The highest BCUT2D eigenvalue weighted by molar-refractivity contribution is 8.15. The molecule has 0 aliphatic heterocycles. The van der Waals surface area contributed by atoms with E-state index >= 15 is 0 Å². The van der Waals surface area contributed by atoms with Gasteiger partial charge in [-0.25, -0.2) is 0 Å². The van der Waals surface area contributed by atoms with E-state index in [-0.39, 0.29) is 0 Å². The molecule has 0 aliphatic rings. The lowest BCUT2D eigenvalue weighted by Gasteiger charge is -1.90. The molecule has 0 amide bonds. The third-order valence-electron chi connectivity index (χ3n) is 0.719. The fraction of sp³-hybridized carbons (Fsp3) is 0.500. The van der Waals surface area contributed by atoms with Gasteiger partial charge in [0.15, 0.2) is 0 Å². The molecule has 0 rings (SSSR count). The molecule has 46 valence electrons. The van der Waals surface area contributed by atoms with E-state index in [1.807, 2.05) is 0 Å². The second-order valence-corrected chi connectivity index (χ2v) is 2.40. The summed E-state index contributed by atoms with van der Waals surface area (Å²) in [6.45, 7) is 5.86. The molecular weight excluding hydrogens is 118 g/mol. The van der Waals surface area contributed by atoms with Crippen molar-refractivity contribution in [2.45, 2.75) is 13.3 Å². The molecule has 0 aromatic rings. The summed E-state index contributed by atoms with van der Waals surface area (Å²) in [6.07, 6.45) is 1.02. The first-order chi connectivity index (χ1) is 3.81. The van der Waals surface area contributed by atoms with Crippen LogP contribution in [0, 0.1) is 0 Å². The van der Waals surface area contributed by atoms with E-state index in [2.05, 4.69) is 18.5 Å². The van der Waals surface area contributed by atoms with Crippen molar-refractivity contribution in [1.82, 2.24) is 0 Å². The monoisotopic (exact) mass is 129 g/mol. The SMILES string of the molecule is C=C(CC)SC=NC. The van der Waals surface area contributed by atoms with Crippen LogP contribution in [-0.2, 0) is 0 Å². The van der Waals surface area contributed by atoms with Gasteiger partial charge in [-0.05, 0) is 11.3 Å². The molecule has 0 fully saturated rings. The third kappa shape index (κ3) is 3.93. The normalized spacial score (nSPS) is 10.2. The van der Waals surface area contributed by atoms with Crippen molar-refractivity contribution in [2.75, 3.05) is 7.05 Å². The van der Waals surface area contributed by atoms with Crippen LogP contribution in [0.15, 0.2) is 16.5 Å². The van der Waals surface area contributed by atoms with Gasteiger partial charge in [-0.3, -0.25) is 4.99 Å². The maximum Gasteiger partial charge on any atom is 0.0582 e. The number of thioether (sulfide) groups is 1. The number of aliphatic imine (C=N–C) groups is 1. The van der Waals surface area contributed by atoms with Crippen LogP contribution in [0.5, 0.6) is 0 Å². The second kappa shape index (κ2) is 4.91. The molecule has 8 heavy (non-hydrogen) atoms. The Morgan fingerprint density at radius 2 is 2.50 bits per heavy atom. The van der Waals surface area contributed by atoms with Gasteiger partial charge in [-0.1, -0.05) is 25.3 Å². The second-order valence-electron chi connectivity index (χ2n) is 1.37. The van der Waals surface area contributed by atoms with Crippen LogP contribution in [0.25, 0.3) is 0 Å². The fourth-order valence-corrected chi connectivity index (χ4v) is 0.632. The molecule has 0 bridgehead atoms. The van der Waals surface area contributed by atoms with Gasteiger partial charge < -0.3 is 0 Å². The van der Waals surface area contributed by atoms with Crippen LogP contribution < -0.4 is 0 Å². The van der Waals surface area contributed by atoms with Gasteiger partial charge in [0.05, 0.1) is 5.55 Å². The van der Waals surface area contributed by atoms with Crippen molar-refractivity contribution >= 4 is 17.3 Å². The summed E-state index contributed by atoms with van der Waals surface area (Å²) in [7, 11) is 1.76. The molecule has 0 aromatic carbocycles. The summed E-state index contributed by atoms with van der Waals surface area (Å²) in [6, 6.07) is 0. The Morgan fingerprint density at radius 1 is 1.88 bits per heavy atom. The molecule has 0 saturated carbocycles. The Bertz CT molecular complexity index is 96.7. The Labute approximate surface area is 54.9 Å². The van der Waals surface area contributed by atoms with E-state index in [1.165, 1.54) is 0 Å². The van der Waals surface area contributed by atoms with E-state index in [1.54, 1.807) is 24.4 Å². The average molecular weight is 129 g/mol. The average Bonchev–Trinajstić information content (AvgIpc) is 1.83. The van der Waals surface area contributed by atoms with Crippen LogP contribution in [0.3, 0.4) is 0 Å². The molecule has 0 atom stereocenters. The summed E-state index contributed by atoms with van der Waals surface area (Å²) in [4.78, 5) is 4.96. The van der Waals surface area contributed by atoms with Crippen molar-refractivity contribution < 1.29 is 0 Å². The summed E-state index contributed by atoms with van der Waals surface area (Å²) in [5.74, 6) is 0. The van der Waals surface area contributed by atoms with Gasteiger partial charge >= 0.3 is 0 Å². The molecule has 0 spiro atoms. The minimum atomic E-state index is 1.02. The van der Waals surface area contributed by atoms with Crippen LogP contribution in [-0.4, -0.2) is 12.6 Å². The highest BCUT2D eigenvalue weighted by Gasteiger charge is 1.83. The number of hydrogen-bond acceptors (Lipinski definition) is 2. The lowest BCUT2D eigenvalue weighted by molar-refractivity contribution is 1.21. The van der Waals surface area contributed by atoms with Gasteiger partial charge in [0.2, 0.25) is 0 Å². The standard InChI is InChI=1S/C6H11NS/c1-4-6(2)8-5-7-3/h5H,2,4H2,1,3H3. The van der Waals surface area contributed by atoms with Crippen LogP contribution in [0.4, 0.5) is 0 Å².